The van der Waals surface area contributed by atoms with Gasteiger partial charge in [-0.2, -0.15) is 0 Å². The number of aromatic amines is 1. The fourth-order valence-electron chi connectivity index (χ4n) is 2.81. The van der Waals surface area contributed by atoms with Gasteiger partial charge in [-0.1, -0.05) is 13.3 Å². The van der Waals surface area contributed by atoms with Gasteiger partial charge in [0.15, 0.2) is 0 Å². The zero-order valence-electron chi connectivity index (χ0n) is 11.9. The first-order valence-corrected chi connectivity index (χ1v) is 7.06. The highest BCUT2D eigenvalue weighted by molar-refractivity contribution is 6.02. The first kappa shape index (κ1) is 12.2. The number of rotatable bonds is 3. The van der Waals surface area contributed by atoms with Gasteiger partial charge in [0, 0.05) is 23.3 Å². The topological polar surface area (TPSA) is 28.7 Å². The van der Waals surface area contributed by atoms with E-state index in [9.17, 15) is 0 Å². The summed E-state index contributed by atoms with van der Waals surface area (Å²) in [7, 11) is 0. The number of aryl methyl sites for hydroxylation is 3. The van der Waals surface area contributed by atoms with Gasteiger partial charge in [-0.25, -0.2) is 0 Å². The number of nitrogens with one attached hydrogen (secondary N) is 1. The van der Waals surface area contributed by atoms with Crippen LogP contribution in [0.1, 0.15) is 36.5 Å². The van der Waals surface area contributed by atoms with Gasteiger partial charge < -0.3 is 4.98 Å². The Hall–Kier alpha value is -1.83. The molecule has 1 aliphatic carbocycles. The van der Waals surface area contributed by atoms with Gasteiger partial charge in [-0.05, 0) is 55.5 Å². The molecule has 1 aliphatic heterocycles. The van der Waals surface area contributed by atoms with Crippen LogP contribution in [0.3, 0.4) is 0 Å². The van der Waals surface area contributed by atoms with Crippen molar-refractivity contribution in [3.8, 4) is 11.3 Å². The zero-order chi connectivity index (χ0) is 13.4. The van der Waals surface area contributed by atoms with Gasteiger partial charge in [-0.3, -0.25) is 4.98 Å². The predicted molar refractivity (Wildman–Crippen MR) is 80.8 cm³/mol. The minimum atomic E-state index is 1.12. The normalized spacial score (nSPS) is 11.5. The summed E-state index contributed by atoms with van der Waals surface area (Å²) in [5.41, 5.74) is 7.62. The summed E-state index contributed by atoms with van der Waals surface area (Å²) in [4.78, 5) is 8.05. The maximum atomic E-state index is 4.64. The average molecular weight is 252 g/mol. The Bertz CT molecular complexity index is 694. The lowest BCUT2D eigenvalue weighted by Gasteiger charge is -2.05. The molecule has 0 saturated heterocycles. The largest absolute Gasteiger partial charge is 0.359 e. The van der Waals surface area contributed by atoms with Gasteiger partial charge >= 0.3 is 0 Å². The molecule has 0 atom stereocenters. The number of nitrogens with zero attached hydrogens (tertiary/aromatic N) is 1. The maximum absolute atomic E-state index is 4.64. The Labute approximate surface area is 114 Å². The first-order valence-electron chi connectivity index (χ1n) is 7.06. The molecule has 98 valence electrons. The maximum Gasteiger partial charge on any atom is 0.0946 e. The second kappa shape index (κ2) is 4.69. The highest BCUT2D eigenvalue weighted by atomic mass is 14.8. The second-order valence-corrected chi connectivity index (χ2v) is 5.46. The van der Waals surface area contributed by atoms with Crippen molar-refractivity contribution in [3.05, 3.63) is 41.2 Å². The molecule has 1 aromatic heterocycles. The number of H-pyrrole nitrogens is 1. The van der Waals surface area contributed by atoms with Crippen LogP contribution in [0.2, 0.25) is 0 Å². The predicted octanol–water partition coefficient (Wildman–Crippen LogP) is 4.63. The molecule has 0 radical (unpaired) electrons. The van der Waals surface area contributed by atoms with Gasteiger partial charge in [0.25, 0.3) is 0 Å². The second-order valence-electron chi connectivity index (χ2n) is 5.46. The van der Waals surface area contributed by atoms with Crippen LogP contribution in [0.25, 0.3) is 22.2 Å². The smallest absolute Gasteiger partial charge is 0.0946 e. The van der Waals surface area contributed by atoms with Crippen molar-refractivity contribution < 1.29 is 0 Å². The average Bonchev–Trinajstić information content (AvgIpc) is 2.68. The molecular weight excluding hydrogens is 232 g/mol. The molecule has 1 N–H and O–H groups in total. The Kier molecular flexibility index (Phi) is 3.02. The van der Waals surface area contributed by atoms with Crippen LogP contribution >= 0.6 is 0 Å². The molecule has 0 unspecified atom stereocenters. The van der Waals surface area contributed by atoms with E-state index in [-0.39, 0.29) is 0 Å². The lowest BCUT2D eigenvalue weighted by atomic mass is 10.0. The number of aromatic nitrogens is 2. The molecular formula is C17H20N2. The van der Waals surface area contributed by atoms with Gasteiger partial charge in [0.1, 0.15) is 0 Å². The van der Waals surface area contributed by atoms with E-state index in [0.29, 0.717) is 0 Å². The lowest BCUT2D eigenvalue weighted by molar-refractivity contribution is 0.800. The molecule has 2 heterocycles. The minimum Gasteiger partial charge on any atom is -0.359 e. The Morgan fingerprint density at radius 1 is 1.16 bits per heavy atom. The molecule has 0 aromatic carbocycles. The standard InChI is InChI=1S/C17H20N2/c1-4-5-6-13-14-7-11(2)9-18-16(14)17-15(13)8-12(3)10-19-17/h7-10,18H,4-6H2,1-3H3. The summed E-state index contributed by atoms with van der Waals surface area (Å²) in [5, 5.41) is 1.32. The van der Waals surface area contributed by atoms with E-state index in [1.807, 2.05) is 6.20 Å². The van der Waals surface area contributed by atoms with Crippen LogP contribution in [-0.2, 0) is 6.42 Å². The van der Waals surface area contributed by atoms with E-state index >= 15 is 0 Å². The Morgan fingerprint density at radius 2 is 2.00 bits per heavy atom. The van der Waals surface area contributed by atoms with E-state index in [2.05, 4.69) is 49.1 Å². The monoisotopic (exact) mass is 252 g/mol. The van der Waals surface area contributed by atoms with E-state index in [4.69, 9.17) is 0 Å². The molecule has 0 spiro atoms. The summed E-state index contributed by atoms with van der Waals surface area (Å²) in [5.74, 6) is 0. The molecule has 3 rings (SSSR count). The molecule has 19 heavy (non-hydrogen) atoms. The summed E-state index contributed by atoms with van der Waals surface area (Å²) in [6.45, 7) is 6.49. The minimum absolute atomic E-state index is 1.12. The van der Waals surface area contributed by atoms with Crippen molar-refractivity contribution in [2.75, 3.05) is 0 Å². The fraction of sp³-hybridized carbons (Fsp3) is 0.353. The van der Waals surface area contributed by atoms with E-state index in [0.717, 1.165) is 11.9 Å². The number of hydrogen-bond acceptors (Lipinski definition) is 1. The van der Waals surface area contributed by atoms with E-state index in [1.165, 1.54) is 46.2 Å². The van der Waals surface area contributed by atoms with Crippen LogP contribution < -0.4 is 0 Å². The zero-order valence-corrected chi connectivity index (χ0v) is 11.9. The van der Waals surface area contributed by atoms with Crippen molar-refractivity contribution in [3.63, 3.8) is 0 Å². The molecule has 0 amide bonds. The Morgan fingerprint density at radius 3 is 2.79 bits per heavy atom. The molecule has 0 fully saturated rings. The Balaban J connectivity index is 2.32. The number of hydrogen-bond donors (Lipinski definition) is 1. The number of pyridine rings is 2. The van der Waals surface area contributed by atoms with E-state index < -0.39 is 0 Å². The van der Waals surface area contributed by atoms with Gasteiger partial charge in [-0.15, -0.1) is 0 Å². The lowest BCUT2D eigenvalue weighted by Crippen LogP contribution is -1.88. The molecule has 0 saturated carbocycles. The first-order chi connectivity index (χ1) is 9.20. The van der Waals surface area contributed by atoms with Crippen molar-refractivity contribution >= 4 is 10.9 Å². The SMILES string of the molecule is CCCCc1c2cc(C)c[nH]c-2c2ncc(C)cc12. The van der Waals surface area contributed by atoms with Crippen molar-refractivity contribution in [1.82, 2.24) is 9.97 Å². The third-order valence-electron chi connectivity index (χ3n) is 3.78. The summed E-state index contributed by atoms with van der Waals surface area (Å²) < 4.78 is 0. The summed E-state index contributed by atoms with van der Waals surface area (Å²) in [6, 6.07) is 4.56. The van der Waals surface area contributed by atoms with Crippen LogP contribution in [0.15, 0.2) is 24.5 Å². The van der Waals surface area contributed by atoms with Crippen LogP contribution in [0.5, 0.6) is 0 Å². The summed E-state index contributed by atoms with van der Waals surface area (Å²) >= 11 is 0. The van der Waals surface area contributed by atoms with Crippen molar-refractivity contribution in [2.45, 2.75) is 40.0 Å². The van der Waals surface area contributed by atoms with Gasteiger partial charge in [0.05, 0.1) is 11.2 Å². The van der Waals surface area contributed by atoms with Crippen LogP contribution in [-0.4, -0.2) is 9.97 Å². The molecule has 1 aromatic rings. The van der Waals surface area contributed by atoms with Crippen LogP contribution in [0.4, 0.5) is 0 Å². The quantitative estimate of drug-likeness (QED) is 0.723. The third-order valence-corrected chi connectivity index (χ3v) is 3.78. The number of unbranched alkanes of at least 4 members (excludes halogenated alkanes) is 1. The van der Waals surface area contributed by atoms with Crippen molar-refractivity contribution in [1.29, 1.82) is 0 Å². The van der Waals surface area contributed by atoms with E-state index in [1.54, 1.807) is 0 Å². The molecule has 2 aliphatic rings. The fourth-order valence-corrected chi connectivity index (χ4v) is 2.81. The van der Waals surface area contributed by atoms with Gasteiger partial charge in [0.2, 0.25) is 0 Å². The van der Waals surface area contributed by atoms with Crippen LogP contribution in [0, 0.1) is 13.8 Å². The highest BCUT2D eigenvalue weighted by Crippen LogP contribution is 2.38. The molecule has 2 heteroatoms. The molecule has 2 nitrogen and oxygen atoms in total. The number of fused-ring (bicyclic) bond motifs is 3. The third kappa shape index (κ3) is 2.01. The summed E-state index contributed by atoms with van der Waals surface area (Å²) in [6.07, 6.45) is 7.62. The highest BCUT2D eigenvalue weighted by Gasteiger charge is 2.18. The molecule has 0 bridgehead atoms. The van der Waals surface area contributed by atoms with Crippen molar-refractivity contribution in [2.24, 2.45) is 0 Å².